The zero-order valence-electron chi connectivity index (χ0n) is 8.62. The predicted octanol–water partition coefficient (Wildman–Crippen LogP) is 1.03. The van der Waals surface area contributed by atoms with Crippen molar-refractivity contribution in [2.24, 2.45) is 0 Å². The van der Waals surface area contributed by atoms with E-state index in [9.17, 15) is 4.79 Å². The molecule has 0 amide bonds. The van der Waals surface area contributed by atoms with Gasteiger partial charge in [-0.3, -0.25) is 4.79 Å². The van der Waals surface area contributed by atoms with E-state index in [1.165, 1.54) is 0 Å². The smallest absolute Gasteiger partial charge is 0.205 e. The maximum Gasteiger partial charge on any atom is 0.205 e. The van der Waals surface area contributed by atoms with Crippen molar-refractivity contribution in [2.75, 3.05) is 19.5 Å². The molecule has 0 fully saturated rings. The lowest BCUT2D eigenvalue weighted by Crippen LogP contribution is -2.76. The Morgan fingerprint density at radius 3 is 2.73 bits per heavy atom. The Bertz CT molecular complexity index is 355. The van der Waals surface area contributed by atoms with Gasteiger partial charge in [-0.2, -0.15) is 5.48 Å². The molecule has 0 aromatic heterocycles. The monoisotopic (exact) mass is 274 g/mol. The molecule has 4 nitrogen and oxygen atoms in total. The lowest BCUT2D eigenvalue weighted by atomic mass is 10.1. The Morgan fingerprint density at radius 2 is 2.20 bits per heavy atom. The summed E-state index contributed by atoms with van der Waals surface area (Å²) in [5.74, 6) is 0.714. The first-order valence-corrected chi connectivity index (χ1v) is 5.48. The van der Waals surface area contributed by atoms with Crippen LogP contribution in [0.5, 0.6) is 5.75 Å². The molecule has 1 rings (SSSR count). The van der Waals surface area contributed by atoms with Gasteiger partial charge in [-0.1, -0.05) is 15.9 Å². The molecular formula is C10H13BrNO3+. The van der Waals surface area contributed by atoms with Gasteiger partial charge in [0.05, 0.1) is 19.5 Å². The molecular weight excluding hydrogens is 262 g/mol. The summed E-state index contributed by atoms with van der Waals surface area (Å²) in [6.45, 7) is 0. The number of carbonyl (C=O) groups excluding carboxylic acids is 1. The summed E-state index contributed by atoms with van der Waals surface area (Å²) < 4.78 is 5.13. The van der Waals surface area contributed by atoms with Crippen LogP contribution in [0.15, 0.2) is 18.2 Å². The van der Waals surface area contributed by atoms with Crippen LogP contribution >= 0.6 is 15.9 Å². The van der Waals surface area contributed by atoms with Crippen molar-refractivity contribution in [3.63, 3.8) is 0 Å². The number of benzene rings is 1. The van der Waals surface area contributed by atoms with Crippen LogP contribution in [0.2, 0.25) is 0 Å². The third-order valence-electron chi connectivity index (χ3n) is 1.92. The zero-order valence-corrected chi connectivity index (χ0v) is 10.2. The SMILES string of the molecule is CO[NH2+]c1cc(C(=O)CBr)ccc1OC. The molecule has 15 heavy (non-hydrogen) atoms. The van der Waals surface area contributed by atoms with Crippen molar-refractivity contribution in [3.8, 4) is 5.75 Å². The largest absolute Gasteiger partial charge is 0.491 e. The number of alkyl halides is 1. The summed E-state index contributed by atoms with van der Waals surface area (Å²) >= 11 is 3.13. The van der Waals surface area contributed by atoms with E-state index in [0.29, 0.717) is 16.6 Å². The predicted molar refractivity (Wildman–Crippen MR) is 59.7 cm³/mol. The van der Waals surface area contributed by atoms with E-state index >= 15 is 0 Å². The van der Waals surface area contributed by atoms with Crippen LogP contribution in [-0.4, -0.2) is 25.3 Å². The van der Waals surface area contributed by atoms with Crippen molar-refractivity contribution in [1.82, 2.24) is 0 Å². The molecule has 0 spiro atoms. The molecule has 0 saturated carbocycles. The van der Waals surface area contributed by atoms with E-state index in [-0.39, 0.29) is 5.78 Å². The maximum absolute atomic E-state index is 11.4. The molecule has 5 heteroatoms. The molecule has 1 aromatic carbocycles. The van der Waals surface area contributed by atoms with Gasteiger partial charge in [-0.15, -0.1) is 0 Å². The Kier molecular flexibility index (Phi) is 4.74. The molecule has 0 aliphatic rings. The average Bonchev–Trinajstić information content (AvgIpc) is 2.28. The number of hydrogen-bond acceptors (Lipinski definition) is 3. The average molecular weight is 275 g/mol. The van der Waals surface area contributed by atoms with E-state index in [0.717, 1.165) is 5.69 Å². The van der Waals surface area contributed by atoms with Crippen molar-refractivity contribution in [2.45, 2.75) is 0 Å². The highest BCUT2D eigenvalue weighted by Crippen LogP contribution is 2.21. The van der Waals surface area contributed by atoms with Crippen molar-refractivity contribution >= 4 is 27.4 Å². The summed E-state index contributed by atoms with van der Waals surface area (Å²) in [5, 5.41) is 0.311. The van der Waals surface area contributed by atoms with Crippen molar-refractivity contribution in [3.05, 3.63) is 23.8 Å². The minimum atomic E-state index is 0.0309. The lowest BCUT2D eigenvalue weighted by molar-refractivity contribution is -0.830. The molecule has 0 bridgehead atoms. The van der Waals surface area contributed by atoms with Crippen molar-refractivity contribution < 1.29 is 19.8 Å². The van der Waals surface area contributed by atoms with Gasteiger partial charge in [0.15, 0.2) is 11.5 Å². The number of nitrogens with two attached hydrogens (primary N) is 1. The second-order valence-electron chi connectivity index (χ2n) is 2.87. The standard InChI is InChI=1S/C10H12BrNO3/c1-14-10-4-3-7(9(13)6-11)5-8(10)12-15-2/h3-5,12H,6H2,1-2H3/p+1. The van der Waals surface area contributed by atoms with Gasteiger partial charge in [0.1, 0.15) is 0 Å². The minimum Gasteiger partial charge on any atom is -0.491 e. The summed E-state index contributed by atoms with van der Waals surface area (Å²) in [6, 6.07) is 5.22. The summed E-state index contributed by atoms with van der Waals surface area (Å²) in [4.78, 5) is 16.3. The number of methoxy groups -OCH3 is 1. The minimum absolute atomic E-state index is 0.0309. The molecule has 0 aliphatic carbocycles. The van der Waals surface area contributed by atoms with E-state index in [2.05, 4.69) is 15.9 Å². The van der Waals surface area contributed by atoms with Crippen LogP contribution < -0.4 is 10.2 Å². The van der Waals surface area contributed by atoms with Crippen LogP contribution in [0.4, 0.5) is 5.69 Å². The van der Waals surface area contributed by atoms with Gasteiger partial charge in [0.2, 0.25) is 5.69 Å². The summed E-state index contributed by atoms with van der Waals surface area (Å²) in [5.41, 5.74) is 2.94. The van der Waals surface area contributed by atoms with Crippen LogP contribution in [-0.2, 0) is 4.84 Å². The van der Waals surface area contributed by atoms with Gasteiger partial charge < -0.3 is 4.74 Å². The second kappa shape index (κ2) is 5.85. The van der Waals surface area contributed by atoms with Crippen LogP contribution in [0.1, 0.15) is 10.4 Å². The Balaban J connectivity index is 3.04. The molecule has 0 radical (unpaired) electrons. The Hall–Kier alpha value is -0.910. The molecule has 0 heterocycles. The maximum atomic E-state index is 11.4. The fraction of sp³-hybridized carbons (Fsp3) is 0.300. The zero-order chi connectivity index (χ0) is 11.3. The summed E-state index contributed by atoms with van der Waals surface area (Å²) in [6.07, 6.45) is 0. The fourth-order valence-electron chi connectivity index (χ4n) is 1.20. The Labute approximate surface area is 96.7 Å². The number of hydrogen-bond donors (Lipinski definition) is 1. The van der Waals surface area contributed by atoms with E-state index in [4.69, 9.17) is 9.57 Å². The highest BCUT2D eigenvalue weighted by Gasteiger charge is 2.12. The third-order valence-corrected chi connectivity index (χ3v) is 2.43. The number of quaternary nitrogens is 1. The first-order chi connectivity index (χ1) is 7.22. The first kappa shape index (κ1) is 12.2. The summed E-state index contributed by atoms with van der Waals surface area (Å²) in [7, 11) is 3.13. The second-order valence-corrected chi connectivity index (χ2v) is 3.43. The molecule has 82 valence electrons. The molecule has 1 aromatic rings. The van der Waals surface area contributed by atoms with Gasteiger partial charge in [-0.25, -0.2) is 4.84 Å². The third kappa shape index (κ3) is 3.02. The topological polar surface area (TPSA) is 52.1 Å². The molecule has 0 saturated heterocycles. The number of carbonyl (C=O) groups is 1. The van der Waals surface area contributed by atoms with E-state index in [1.807, 2.05) is 0 Å². The van der Waals surface area contributed by atoms with Crippen molar-refractivity contribution in [1.29, 1.82) is 0 Å². The first-order valence-electron chi connectivity index (χ1n) is 4.36. The van der Waals surface area contributed by atoms with Crippen LogP contribution in [0.25, 0.3) is 0 Å². The molecule has 0 atom stereocenters. The van der Waals surface area contributed by atoms with Crippen LogP contribution in [0.3, 0.4) is 0 Å². The number of ketones is 1. The lowest BCUT2D eigenvalue weighted by Gasteiger charge is -2.05. The van der Waals surface area contributed by atoms with Gasteiger partial charge in [-0.05, 0) is 12.1 Å². The van der Waals surface area contributed by atoms with E-state index in [1.54, 1.807) is 37.9 Å². The molecule has 0 aliphatic heterocycles. The van der Waals surface area contributed by atoms with Crippen LogP contribution in [0, 0.1) is 0 Å². The van der Waals surface area contributed by atoms with Gasteiger partial charge in [0.25, 0.3) is 0 Å². The highest BCUT2D eigenvalue weighted by molar-refractivity contribution is 9.09. The Morgan fingerprint density at radius 1 is 1.47 bits per heavy atom. The van der Waals surface area contributed by atoms with E-state index < -0.39 is 0 Å². The number of Topliss-reactive ketones (excluding diaryl/α,β-unsaturated/α-hetero) is 1. The number of halogens is 1. The quantitative estimate of drug-likeness (QED) is 0.378. The number of ether oxygens (including phenoxy) is 1. The number of rotatable bonds is 5. The molecule has 0 unspecified atom stereocenters. The normalized spacial score (nSPS) is 10.1. The van der Waals surface area contributed by atoms with Gasteiger partial charge >= 0.3 is 0 Å². The van der Waals surface area contributed by atoms with Gasteiger partial charge in [0, 0.05) is 11.6 Å². The highest BCUT2D eigenvalue weighted by atomic mass is 79.9. The molecule has 2 N–H and O–H groups in total. The fourth-order valence-corrected chi connectivity index (χ4v) is 1.53.